The van der Waals surface area contributed by atoms with Gasteiger partial charge in [-0.05, 0) is 30.7 Å². The van der Waals surface area contributed by atoms with Crippen molar-refractivity contribution in [2.45, 2.75) is 6.42 Å². The fourth-order valence-corrected chi connectivity index (χ4v) is 2.29. The molecule has 3 aromatic rings. The molecule has 6 heteroatoms. The van der Waals surface area contributed by atoms with Crippen molar-refractivity contribution in [3.05, 3.63) is 54.7 Å². The van der Waals surface area contributed by atoms with Gasteiger partial charge in [0.2, 0.25) is 0 Å². The van der Waals surface area contributed by atoms with Crippen LogP contribution in [0.1, 0.15) is 5.69 Å². The zero-order valence-electron chi connectivity index (χ0n) is 12.1. The molecule has 0 bridgehead atoms. The number of rotatable bonds is 6. The number of pyridine rings is 2. The molecule has 1 unspecified atom stereocenters. The maximum atomic E-state index is 9.57. The smallest absolute Gasteiger partial charge is 0.164 e. The molecule has 0 saturated carbocycles. The van der Waals surface area contributed by atoms with Gasteiger partial charge in [-0.15, -0.1) is 0 Å². The van der Waals surface area contributed by atoms with Crippen LogP contribution in [0.3, 0.4) is 0 Å². The van der Waals surface area contributed by atoms with Crippen LogP contribution >= 0.6 is 0 Å². The Bertz CT molecular complexity index is 729. The maximum Gasteiger partial charge on any atom is 0.164 e. The van der Waals surface area contributed by atoms with Gasteiger partial charge in [-0.3, -0.25) is 4.98 Å². The molecule has 0 aliphatic rings. The van der Waals surface area contributed by atoms with E-state index in [1.165, 1.54) is 6.33 Å². The molecule has 112 valence electrons. The maximum absolute atomic E-state index is 9.57. The summed E-state index contributed by atoms with van der Waals surface area (Å²) in [4.78, 5) is 16.9. The van der Waals surface area contributed by atoms with Crippen LogP contribution in [0.15, 0.2) is 49.1 Å². The van der Waals surface area contributed by atoms with E-state index in [0.717, 1.165) is 16.9 Å². The molecule has 0 saturated heterocycles. The van der Waals surface area contributed by atoms with Gasteiger partial charge in [-0.1, -0.05) is 6.07 Å². The van der Waals surface area contributed by atoms with E-state index in [1.54, 1.807) is 12.4 Å². The van der Waals surface area contributed by atoms with Crippen LogP contribution in [0, 0.1) is 5.92 Å². The van der Waals surface area contributed by atoms with Crippen molar-refractivity contribution in [2.24, 2.45) is 5.92 Å². The largest absolute Gasteiger partial charge is 0.396 e. The number of aromatic nitrogens is 4. The minimum atomic E-state index is 0.0663. The number of nitrogens with zero attached hydrogens (tertiary/aromatic N) is 4. The molecule has 0 amide bonds. The number of hydrogen-bond acceptors (Lipinski definition) is 6. The molecular weight excluding hydrogens is 278 g/mol. The van der Waals surface area contributed by atoms with E-state index in [9.17, 15) is 5.11 Å². The van der Waals surface area contributed by atoms with Crippen LogP contribution in [0.25, 0.3) is 11.0 Å². The van der Waals surface area contributed by atoms with E-state index in [0.29, 0.717) is 18.6 Å². The number of fused-ring (bicyclic) bond motifs is 1. The van der Waals surface area contributed by atoms with E-state index >= 15 is 0 Å². The summed E-state index contributed by atoms with van der Waals surface area (Å²) in [6, 6.07) is 9.59. The first-order valence-electron chi connectivity index (χ1n) is 7.17. The first-order valence-corrected chi connectivity index (χ1v) is 7.17. The third kappa shape index (κ3) is 3.35. The molecule has 3 rings (SSSR count). The van der Waals surface area contributed by atoms with E-state index in [-0.39, 0.29) is 12.5 Å². The third-order valence-electron chi connectivity index (χ3n) is 3.45. The van der Waals surface area contributed by atoms with Crippen LogP contribution in [-0.4, -0.2) is 38.2 Å². The van der Waals surface area contributed by atoms with Crippen molar-refractivity contribution >= 4 is 16.9 Å². The summed E-state index contributed by atoms with van der Waals surface area (Å²) in [7, 11) is 0. The number of aliphatic hydroxyl groups is 1. The summed E-state index contributed by atoms with van der Waals surface area (Å²) in [6.07, 6.45) is 5.67. The van der Waals surface area contributed by atoms with Crippen LogP contribution in [0.4, 0.5) is 5.82 Å². The Labute approximate surface area is 128 Å². The predicted molar refractivity (Wildman–Crippen MR) is 84.3 cm³/mol. The number of hydrogen-bond donors (Lipinski definition) is 2. The normalized spacial score (nSPS) is 12.2. The Hall–Kier alpha value is -2.60. The van der Waals surface area contributed by atoms with Crippen molar-refractivity contribution in [1.82, 2.24) is 19.9 Å². The second-order valence-corrected chi connectivity index (χ2v) is 5.05. The molecule has 3 heterocycles. The van der Waals surface area contributed by atoms with Crippen LogP contribution in [0.5, 0.6) is 0 Å². The van der Waals surface area contributed by atoms with Gasteiger partial charge in [0.05, 0.1) is 5.39 Å². The quantitative estimate of drug-likeness (QED) is 0.720. The second kappa shape index (κ2) is 6.91. The highest BCUT2D eigenvalue weighted by atomic mass is 16.3. The number of nitrogens with one attached hydrogen (secondary N) is 1. The molecule has 6 nitrogen and oxygen atoms in total. The Morgan fingerprint density at radius 3 is 2.73 bits per heavy atom. The molecule has 0 radical (unpaired) electrons. The average molecular weight is 295 g/mol. The highest BCUT2D eigenvalue weighted by Crippen LogP contribution is 2.17. The second-order valence-electron chi connectivity index (χ2n) is 5.05. The van der Waals surface area contributed by atoms with Crippen molar-refractivity contribution in [1.29, 1.82) is 0 Å². The molecule has 0 aromatic carbocycles. The molecular formula is C16H17N5O. The Morgan fingerprint density at radius 1 is 1.00 bits per heavy atom. The molecule has 22 heavy (non-hydrogen) atoms. The van der Waals surface area contributed by atoms with Gasteiger partial charge in [0.15, 0.2) is 5.65 Å². The first kappa shape index (κ1) is 14.3. The Kier molecular flexibility index (Phi) is 4.50. The van der Waals surface area contributed by atoms with E-state index < -0.39 is 0 Å². The average Bonchev–Trinajstić information content (AvgIpc) is 2.59. The molecule has 0 aliphatic carbocycles. The minimum absolute atomic E-state index is 0.0663. The molecule has 0 spiro atoms. The highest BCUT2D eigenvalue weighted by Gasteiger charge is 2.11. The SMILES string of the molecule is OCC(CNc1ncnc2ncccc12)Cc1ccccn1. The van der Waals surface area contributed by atoms with Crippen LogP contribution < -0.4 is 5.32 Å². The molecule has 0 aliphatic heterocycles. The van der Waals surface area contributed by atoms with Crippen LogP contribution in [-0.2, 0) is 6.42 Å². The lowest BCUT2D eigenvalue weighted by molar-refractivity contribution is 0.232. The van der Waals surface area contributed by atoms with Crippen molar-refractivity contribution in [3.63, 3.8) is 0 Å². The van der Waals surface area contributed by atoms with E-state index in [1.807, 2.05) is 30.3 Å². The van der Waals surface area contributed by atoms with Gasteiger partial charge < -0.3 is 10.4 Å². The van der Waals surface area contributed by atoms with E-state index in [4.69, 9.17) is 0 Å². The summed E-state index contributed by atoms with van der Waals surface area (Å²) in [5.41, 5.74) is 1.63. The monoisotopic (exact) mass is 295 g/mol. The number of aliphatic hydroxyl groups excluding tert-OH is 1. The fourth-order valence-electron chi connectivity index (χ4n) is 2.29. The molecule has 2 N–H and O–H groups in total. The van der Waals surface area contributed by atoms with Crippen molar-refractivity contribution < 1.29 is 5.11 Å². The Balaban J connectivity index is 1.69. The summed E-state index contributed by atoms with van der Waals surface area (Å²) in [6.45, 7) is 0.693. The standard InChI is InChI=1S/C16H17N5O/c22-10-12(8-13-4-1-2-6-17-13)9-19-16-14-5-3-7-18-15(14)20-11-21-16/h1-7,11-12,22H,8-10H2,(H,18,19,20,21). The van der Waals surface area contributed by atoms with Crippen molar-refractivity contribution in [3.8, 4) is 0 Å². The predicted octanol–water partition coefficient (Wildman–Crippen LogP) is 1.68. The fraction of sp³-hybridized carbons (Fsp3) is 0.250. The third-order valence-corrected chi connectivity index (χ3v) is 3.45. The zero-order chi connectivity index (χ0) is 15.2. The van der Waals surface area contributed by atoms with E-state index in [2.05, 4.69) is 25.3 Å². The van der Waals surface area contributed by atoms with Gasteiger partial charge in [-0.25, -0.2) is 15.0 Å². The van der Waals surface area contributed by atoms with Crippen LogP contribution in [0.2, 0.25) is 0 Å². The van der Waals surface area contributed by atoms with Gasteiger partial charge in [0.25, 0.3) is 0 Å². The summed E-state index contributed by atoms with van der Waals surface area (Å²) in [5.74, 6) is 0.800. The summed E-state index contributed by atoms with van der Waals surface area (Å²) < 4.78 is 0. The van der Waals surface area contributed by atoms with Gasteiger partial charge in [0, 0.05) is 37.2 Å². The lowest BCUT2D eigenvalue weighted by Crippen LogP contribution is -2.21. The highest BCUT2D eigenvalue weighted by molar-refractivity contribution is 5.85. The van der Waals surface area contributed by atoms with Crippen molar-refractivity contribution in [2.75, 3.05) is 18.5 Å². The van der Waals surface area contributed by atoms with Gasteiger partial charge in [0.1, 0.15) is 12.1 Å². The van der Waals surface area contributed by atoms with Gasteiger partial charge in [-0.2, -0.15) is 0 Å². The molecule has 3 aromatic heterocycles. The molecule has 1 atom stereocenters. The Morgan fingerprint density at radius 2 is 1.91 bits per heavy atom. The molecule has 0 fully saturated rings. The minimum Gasteiger partial charge on any atom is -0.396 e. The summed E-state index contributed by atoms with van der Waals surface area (Å²) >= 11 is 0. The first-order chi connectivity index (χ1) is 10.9. The van der Waals surface area contributed by atoms with Gasteiger partial charge >= 0.3 is 0 Å². The lowest BCUT2D eigenvalue weighted by atomic mass is 10.0. The zero-order valence-corrected chi connectivity index (χ0v) is 12.1. The summed E-state index contributed by atoms with van der Waals surface area (Å²) in [5, 5.41) is 13.7. The number of anilines is 1. The lowest BCUT2D eigenvalue weighted by Gasteiger charge is -2.15. The topological polar surface area (TPSA) is 83.8 Å².